The average Bonchev–Trinajstić information content (AvgIpc) is 2.90. The highest BCUT2D eigenvalue weighted by Gasteiger charge is 2.59. The summed E-state index contributed by atoms with van der Waals surface area (Å²) in [5.41, 5.74) is 0.379. The second kappa shape index (κ2) is 10.8. The van der Waals surface area contributed by atoms with Crippen molar-refractivity contribution in [1.82, 2.24) is 4.90 Å². The van der Waals surface area contributed by atoms with Gasteiger partial charge in [-0.1, -0.05) is 26.2 Å². The molecule has 0 bridgehead atoms. The molecular formula is C30H51NO5. The number of aliphatic hydroxyl groups is 3. The molecule has 3 N–H and O–H groups in total. The third-order valence-electron chi connectivity index (χ3n) is 11.8. The van der Waals surface area contributed by atoms with E-state index in [4.69, 9.17) is 9.84 Å². The van der Waals surface area contributed by atoms with Crippen LogP contribution >= 0.6 is 0 Å². The first-order valence-electron chi connectivity index (χ1n) is 15.2. The van der Waals surface area contributed by atoms with E-state index in [0.29, 0.717) is 23.2 Å². The first-order valence-corrected chi connectivity index (χ1v) is 15.2. The van der Waals surface area contributed by atoms with Crippen LogP contribution < -0.4 is 0 Å². The zero-order chi connectivity index (χ0) is 25.5. The van der Waals surface area contributed by atoms with Crippen LogP contribution in [0.15, 0.2) is 0 Å². The zero-order valence-corrected chi connectivity index (χ0v) is 22.7. The summed E-state index contributed by atoms with van der Waals surface area (Å²) in [6.45, 7) is 5.61. The van der Waals surface area contributed by atoms with Gasteiger partial charge in [-0.3, -0.25) is 4.79 Å². The number of hydrogen-bond donors (Lipinski definition) is 3. The third-order valence-corrected chi connectivity index (χ3v) is 11.8. The minimum absolute atomic E-state index is 0.0428. The molecule has 0 aromatic carbocycles. The fourth-order valence-electron chi connectivity index (χ4n) is 9.66. The Morgan fingerprint density at radius 1 is 0.917 bits per heavy atom. The largest absolute Gasteiger partial charge is 0.394 e. The Labute approximate surface area is 218 Å². The van der Waals surface area contributed by atoms with Crippen LogP contribution in [0.3, 0.4) is 0 Å². The number of carbonyl (C=O) groups is 1. The smallest absolute Gasteiger partial charge is 0.226 e. The molecule has 6 nitrogen and oxygen atoms in total. The molecule has 1 amide bonds. The van der Waals surface area contributed by atoms with E-state index in [1.54, 1.807) is 0 Å². The molecule has 5 rings (SSSR count). The number of piperidine rings is 1. The molecule has 0 aromatic heterocycles. The quantitative estimate of drug-likeness (QED) is 0.501. The van der Waals surface area contributed by atoms with E-state index in [0.717, 1.165) is 56.9 Å². The van der Waals surface area contributed by atoms with Crippen LogP contribution in [-0.4, -0.2) is 69.7 Å². The minimum Gasteiger partial charge on any atom is -0.394 e. The predicted molar refractivity (Wildman–Crippen MR) is 139 cm³/mol. The van der Waals surface area contributed by atoms with E-state index in [-0.39, 0.29) is 24.2 Å². The van der Waals surface area contributed by atoms with Gasteiger partial charge in [-0.2, -0.15) is 0 Å². The molecule has 4 unspecified atom stereocenters. The van der Waals surface area contributed by atoms with Gasteiger partial charge in [0.2, 0.25) is 5.91 Å². The van der Waals surface area contributed by atoms with Gasteiger partial charge >= 0.3 is 0 Å². The Balaban J connectivity index is 1.25. The molecular weight excluding hydrogens is 454 g/mol. The van der Waals surface area contributed by atoms with Gasteiger partial charge in [0.15, 0.2) is 0 Å². The summed E-state index contributed by atoms with van der Waals surface area (Å²) in [7, 11) is 0. The predicted octanol–water partition coefficient (Wildman–Crippen LogP) is 4.29. The lowest BCUT2D eigenvalue weighted by Gasteiger charge is -2.64. The number of likely N-dealkylation sites (tertiary alicyclic amines) is 1. The lowest BCUT2D eigenvalue weighted by Crippen LogP contribution is -2.65. The Bertz CT molecular complexity index is 770. The normalized spacial score (nSPS) is 43.1. The molecule has 6 heteroatoms. The van der Waals surface area contributed by atoms with Crippen molar-refractivity contribution >= 4 is 5.91 Å². The van der Waals surface area contributed by atoms with Crippen molar-refractivity contribution in [2.24, 2.45) is 35.0 Å². The summed E-state index contributed by atoms with van der Waals surface area (Å²) in [6, 6.07) is 0. The molecule has 0 aromatic rings. The highest BCUT2D eigenvalue weighted by molar-refractivity contribution is 5.80. The van der Waals surface area contributed by atoms with E-state index >= 15 is 0 Å². The summed E-state index contributed by atoms with van der Waals surface area (Å²) < 4.78 is 6.03. The second-order valence-corrected chi connectivity index (χ2v) is 13.6. The van der Waals surface area contributed by atoms with E-state index in [1.165, 1.54) is 51.4 Å². The number of rotatable bonds is 6. The fraction of sp³-hybridized carbons (Fsp3) is 0.967. The van der Waals surface area contributed by atoms with Gasteiger partial charge in [-0.05, 0) is 107 Å². The molecule has 5 aliphatic rings. The molecule has 4 aliphatic carbocycles. The maximum Gasteiger partial charge on any atom is 0.226 e. The minimum atomic E-state index is -1.13. The highest BCUT2D eigenvalue weighted by Crippen LogP contribution is 2.63. The summed E-state index contributed by atoms with van der Waals surface area (Å²) in [5.74, 6) is 3.50. The molecule has 1 heterocycles. The van der Waals surface area contributed by atoms with Crippen molar-refractivity contribution in [2.45, 2.75) is 128 Å². The van der Waals surface area contributed by atoms with E-state index in [1.807, 2.05) is 0 Å². The Kier molecular flexibility index (Phi) is 8.09. The van der Waals surface area contributed by atoms with Gasteiger partial charge in [0.25, 0.3) is 0 Å². The van der Waals surface area contributed by atoms with Crippen LogP contribution in [-0.2, 0) is 9.53 Å². The molecule has 9 atom stereocenters. The standard InChI is InChI=1S/C30H51NO5/c1-29-14-12-22(36-19-27(34)26(33)18-32)17-21(29)10-11-23-24(29)13-15-30(2)25(23)9-6-16-31(30)28(35)20-7-4-3-5-8-20/h20-27,32-34H,3-19H2,1-2H3/t21?,22?,23-,24?,25?,26-,27-,29+,30-/m0/s1. The Morgan fingerprint density at radius 3 is 2.44 bits per heavy atom. The average molecular weight is 506 g/mol. The summed E-state index contributed by atoms with van der Waals surface area (Å²) >= 11 is 0. The van der Waals surface area contributed by atoms with Crippen molar-refractivity contribution in [3.05, 3.63) is 0 Å². The van der Waals surface area contributed by atoms with Crippen LogP contribution in [0.4, 0.5) is 0 Å². The number of nitrogens with zero attached hydrogens (tertiary/aromatic N) is 1. The van der Waals surface area contributed by atoms with Crippen LogP contribution in [0.25, 0.3) is 0 Å². The van der Waals surface area contributed by atoms with E-state index < -0.39 is 18.8 Å². The highest BCUT2D eigenvalue weighted by atomic mass is 16.5. The summed E-state index contributed by atoms with van der Waals surface area (Å²) in [4.78, 5) is 16.1. The first kappa shape index (κ1) is 26.9. The van der Waals surface area contributed by atoms with Gasteiger partial charge in [0, 0.05) is 18.0 Å². The Hall–Kier alpha value is -0.690. The fourth-order valence-corrected chi connectivity index (χ4v) is 9.66. The lowest BCUT2D eigenvalue weighted by molar-refractivity contribution is -0.173. The molecule has 0 spiro atoms. The number of amides is 1. The third kappa shape index (κ3) is 4.78. The van der Waals surface area contributed by atoms with Gasteiger partial charge < -0.3 is 25.0 Å². The van der Waals surface area contributed by atoms with E-state index in [9.17, 15) is 15.0 Å². The van der Waals surface area contributed by atoms with Gasteiger partial charge in [0.05, 0.1) is 19.3 Å². The lowest BCUT2D eigenvalue weighted by atomic mass is 9.45. The van der Waals surface area contributed by atoms with Gasteiger partial charge in [-0.25, -0.2) is 0 Å². The molecule has 1 aliphatic heterocycles. The monoisotopic (exact) mass is 505 g/mol. The topological polar surface area (TPSA) is 90.2 Å². The van der Waals surface area contributed by atoms with Crippen molar-refractivity contribution in [2.75, 3.05) is 19.8 Å². The molecule has 4 saturated carbocycles. The van der Waals surface area contributed by atoms with Crippen LogP contribution in [0, 0.1) is 35.0 Å². The maximum absolute atomic E-state index is 13.7. The summed E-state index contributed by atoms with van der Waals surface area (Å²) in [5, 5.41) is 28.7. The molecule has 1 saturated heterocycles. The molecule has 5 fully saturated rings. The van der Waals surface area contributed by atoms with Crippen molar-refractivity contribution in [1.29, 1.82) is 0 Å². The molecule has 0 radical (unpaired) electrons. The number of carbonyl (C=O) groups excluding carboxylic acids is 1. The van der Waals surface area contributed by atoms with Gasteiger partial charge in [0.1, 0.15) is 12.2 Å². The molecule has 36 heavy (non-hydrogen) atoms. The Morgan fingerprint density at radius 2 is 1.69 bits per heavy atom. The number of hydrogen-bond acceptors (Lipinski definition) is 5. The van der Waals surface area contributed by atoms with Crippen molar-refractivity contribution < 1.29 is 24.9 Å². The first-order chi connectivity index (χ1) is 17.3. The van der Waals surface area contributed by atoms with Crippen LogP contribution in [0.5, 0.6) is 0 Å². The zero-order valence-electron chi connectivity index (χ0n) is 22.7. The second-order valence-electron chi connectivity index (χ2n) is 13.6. The van der Waals surface area contributed by atoms with Gasteiger partial charge in [-0.15, -0.1) is 0 Å². The van der Waals surface area contributed by atoms with Crippen LogP contribution in [0.2, 0.25) is 0 Å². The van der Waals surface area contributed by atoms with Crippen molar-refractivity contribution in [3.63, 3.8) is 0 Å². The maximum atomic E-state index is 13.7. The van der Waals surface area contributed by atoms with Crippen LogP contribution in [0.1, 0.15) is 104 Å². The number of aliphatic hydroxyl groups excluding tert-OH is 3. The number of fused-ring (bicyclic) bond motifs is 5. The summed E-state index contributed by atoms with van der Waals surface area (Å²) in [6.07, 6.45) is 14.5. The van der Waals surface area contributed by atoms with Crippen molar-refractivity contribution in [3.8, 4) is 0 Å². The molecule has 206 valence electrons. The number of ether oxygens (including phenoxy) is 1. The SMILES string of the molecule is C[C@@]12CCC(OC[C@H](O)[C@@H](O)CO)CC1CC[C@H]1C2CC[C@@]2(C)C1CCCN2C(=O)C1CCCCC1. The van der Waals surface area contributed by atoms with E-state index in [2.05, 4.69) is 18.7 Å².